The molecule has 0 saturated carbocycles. The van der Waals surface area contributed by atoms with Gasteiger partial charge in [-0.2, -0.15) is 0 Å². The molecule has 0 amide bonds. The average molecular weight is 394 g/mol. The summed E-state index contributed by atoms with van der Waals surface area (Å²) < 4.78 is 27.2. The van der Waals surface area contributed by atoms with Crippen molar-refractivity contribution in [1.29, 1.82) is 0 Å². The zero-order chi connectivity index (χ0) is 18.9. The predicted octanol–water partition coefficient (Wildman–Crippen LogP) is 4.34. The second kappa shape index (κ2) is 7.69. The number of sulfonamides is 1. The van der Waals surface area contributed by atoms with Crippen LogP contribution in [-0.4, -0.2) is 21.2 Å². The van der Waals surface area contributed by atoms with Crippen LogP contribution in [0.1, 0.15) is 50.0 Å². The van der Waals surface area contributed by atoms with Gasteiger partial charge in [-0.25, -0.2) is 8.42 Å². The van der Waals surface area contributed by atoms with Crippen molar-refractivity contribution in [1.82, 2.24) is 0 Å². The van der Waals surface area contributed by atoms with E-state index in [1.807, 2.05) is 13.0 Å². The Morgan fingerprint density at radius 3 is 2.73 bits per heavy atom. The van der Waals surface area contributed by atoms with Gasteiger partial charge < -0.3 is 0 Å². The summed E-state index contributed by atoms with van der Waals surface area (Å²) in [6, 6.07) is 5.41. The molecule has 1 heterocycles. The molecule has 1 aromatic carbocycles. The van der Waals surface area contributed by atoms with Crippen LogP contribution in [0.5, 0.6) is 0 Å². The smallest absolute Gasteiger partial charge is 0.234 e. The average Bonchev–Trinajstić information content (AvgIpc) is 2.65. The van der Waals surface area contributed by atoms with Crippen molar-refractivity contribution in [3.63, 3.8) is 0 Å². The van der Waals surface area contributed by atoms with E-state index >= 15 is 0 Å². The van der Waals surface area contributed by atoms with E-state index in [-0.39, 0.29) is 11.2 Å². The number of fused-ring (bicyclic) bond motifs is 2. The van der Waals surface area contributed by atoms with E-state index in [0.29, 0.717) is 23.4 Å². The zero-order valence-electron chi connectivity index (χ0n) is 15.7. The third kappa shape index (κ3) is 3.67. The largest absolute Gasteiger partial charge is 0.289 e. The fourth-order valence-corrected chi connectivity index (χ4v) is 6.28. The van der Waals surface area contributed by atoms with Gasteiger partial charge in [-0.15, -0.1) is 11.3 Å². The highest BCUT2D eigenvalue weighted by Crippen LogP contribution is 2.33. The molecule has 0 aliphatic heterocycles. The van der Waals surface area contributed by atoms with Crippen LogP contribution in [-0.2, 0) is 22.9 Å². The molecule has 1 aliphatic rings. The third-order valence-corrected chi connectivity index (χ3v) is 8.51. The Morgan fingerprint density at radius 2 is 2.04 bits per heavy atom. The van der Waals surface area contributed by atoms with Crippen molar-refractivity contribution in [3.05, 3.63) is 38.9 Å². The van der Waals surface area contributed by atoms with Crippen LogP contribution in [0.15, 0.2) is 23.0 Å². The van der Waals surface area contributed by atoms with E-state index in [0.717, 1.165) is 42.4 Å². The Balaban J connectivity index is 2.02. The van der Waals surface area contributed by atoms with E-state index in [1.165, 1.54) is 9.18 Å². The second-order valence-corrected chi connectivity index (χ2v) is 10.4. The normalized spacial score (nSPS) is 17.3. The van der Waals surface area contributed by atoms with Crippen LogP contribution in [0.3, 0.4) is 0 Å². The van der Waals surface area contributed by atoms with Crippen LogP contribution in [0.25, 0.3) is 10.1 Å². The molecule has 0 fully saturated rings. The number of anilines is 1. The molecule has 1 atom stereocenters. The molecule has 4 nitrogen and oxygen atoms in total. The van der Waals surface area contributed by atoms with Gasteiger partial charge in [-0.1, -0.05) is 26.7 Å². The number of hydrogen-bond donors (Lipinski definition) is 0. The van der Waals surface area contributed by atoms with Crippen molar-refractivity contribution in [2.45, 2.75) is 52.4 Å². The molecule has 142 valence electrons. The summed E-state index contributed by atoms with van der Waals surface area (Å²) in [5.74, 6) is 0.798. The SMILES string of the molecule is CCCCS(=O)(=O)N(C)c1ccc2c(=O)c3c(sc2c1)CC(CC)CC3. The maximum absolute atomic E-state index is 12.9. The van der Waals surface area contributed by atoms with E-state index in [2.05, 4.69) is 6.92 Å². The molecule has 0 bridgehead atoms. The molecule has 0 saturated heterocycles. The summed E-state index contributed by atoms with van der Waals surface area (Å²) in [7, 11) is -1.73. The Labute approximate surface area is 159 Å². The number of nitrogens with zero attached hydrogens (tertiary/aromatic N) is 1. The van der Waals surface area contributed by atoms with Gasteiger partial charge >= 0.3 is 0 Å². The lowest BCUT2D eigenvalue weighted by atomic mass is 9.87. The highest BCUT2D eigenvalue weighted by Gasteiger charge is 2.23. The number of unbranched alkanes of at least 4 members (excludes halogenated alkanes) is 1. The van der Waals surface area contributed by atoms with Crippen molar-refractivity contribution < 1.29 is 8.42 Å². The van der Waals surface area contributed by atoms with E-state index in [9.17, 15) is 13.2 Å². The first-order valence-corrected chi connectivity index (χ1v) is 11.8. The zero-order valence-corrected chi connectivity index (χ0v) is 17.4. The summed E-state index contributed by atoms with van der Waals surface area (Å²) >= 11 is 1.66. The molecular weight excluding hydrogens is 366 g/mol. The van der Waals surface area contributed by atoms with Crippen LogP contribution < -0.4 is 9.73 Å². The summed E-state index contributed by atoms with van der Waals surface area (Å²) in [5, 5.41) is 0.715. The van der Waals surface area contributed by atoms with Crippen molar-refractivity contribution in [2.24, 2.45) is 5.92 Å². The molecule has 1 unspecified atom stereocenters. The second-order valence-electron chi connectivity index (χ2n) is 7.17. The standard InChI is InChI=1S/C20H27NO3S2/c1-4-6-11-26(23,24)21(3)15-8-10-17-19(13-15)25-18-12-14(5-2)7-9-16(18)20(17)22/h8,10,13-14H,4-7,9,11-12H2,1-3H3. The van der Waals surface area contributed by atoms with Gasteiger partial charge in [0.05, 0.1) is 11.4 Å². The topological polar surface area (TPSA) is 54.5 Å². The first kappa shape index (κ1) is 19.4. The predicted molar refractivity (Wildman–Crippen MR) is 111 cm³/mol. The fourth-order valence-electron chi connectivity index (χ4n) is 3.57. The van der Waals surface area contributed by atoms with Crippen molar-refractivity contribution in [2.75, 3.05) is 17.1 Å². The Bertz CT molecular complexity index is 963. The molecule has 2 aromatic rings. The minimum absolute atomic E-state index is 0.131. The van der Waals surface area contributed by atoms with Crippen LogP contribution >= 0.6 is 11.3 Å². The highest BCUT2D eigenvalue weighted by atomic mass is 32.2. The van der Waals surface area contributed by atoms with Crippen molar-refractivity contribution >= 4 is 37.1 Å². The molecular formula is C20H27NO3S2. The molecule has 0 radical (unpaired) electrons. The molecule has 0 spiro atoms. The minimum Gasteiger partial charge on any atom is -0.289 e. The highest BCUT2D eigenvalue weighted by molar-refractivity contribution is 7.92. The summed E-state index contributed by atoms with van der Waals surface area (Å²) in [5.41, 5.74) is 1.74. The van der Waals surface area contributed by atoms with Crippen molar-refractivity contribution in [3.8, 4) is 0 Å². The van der Waals surface area contributed by atoms with Gasteiger partial charge in [0.25, 0.3) is 0 Å². The fraction of sp³-hybridized carbons (Fsp3) is 0.550. The van der Waals surface area contributed by atoms with Gasteiger partial charge in [0.15, 0.2) is 5.43 Å². The van der Waals surface area contributed by atoms with Gasteiger partial charge in [0.1, 0.15) is 0 Å². The Kier molecular flexibility index (Phi) is 5.72. The lowest BCUT2D eigenvalue weighted by Crippen LogP contribution is -2.29. The number of rotatable bonds is 6. The molecule has 3 rings (SSSR count). The monoisotopic (exact) mass is 393 g/mol. The molecule has 1 aliphatic carbocycles. The van der Waals surface area contributed by atoms with Gasteiger partial charge in [-0.3, -0.25) is 9.10 Å². The number of hydrogen-bond acceptors (Lipinski definition) is 4. The van der Waals surface area contributed by atoms with Crippen LogP contribution in [0.4, 0.5) is 5.69 Å². The molecule has 0 N–H and O–H groups in total. The van der Waals surface area contributed by atoms with E-state index < -0.39 is 10.0 Å². The van der Waals surface area contributed by atoms with Crippen LogP contribution in [0, 0.1) is 5.92 Å². The first-order chi connectivity index (χ1) is 12.4. The maximum Gasteiger partial charge on any atom is 0.234 e. The number of benzene rings is 1. The maximum atomic E-state index is 12.9. The lowest BCUT2D eigenvalue weighted by Gasteiger charge is -2.23. The molecule has 26 heavy (non-hydrogen) atoms. The van der Waals surface area contributed by atoms with E-state index in [4.69, 9.17) is 0 Å². The van der Waals surface area contributed by atoms with Gasteiger partial charge in [-0.05, 0) is 49.8 Å². The Hall–Kier alpha value is -1.40. The molecule has 1 aromatic heterocycles. The quantitative estimate of drug-likeness (QED) is 0.733. The van der Waals surface area contributed by atoms with Gasteiger partial charge in [0.2, 0.25) is 10.0 Å². The Morgan fingerprint density at radius 1 is 1.27 bits per heavy atom. The summed E-state index contributed by atoms with van der Waals surface area (Å²) in [6.45, 7) is 4.18. The molecule has 6 heteroatoms. The summed E-state index contributed by atoms with van der Waals surface area (Å²) in [4.78, 5) is 14.1. The van der Waals surface area contributed by atoms with E-state index in [1.54, 1.807) is 30.5 Å². The minimum atomic E-state index is -3.32. The first-order valence-electron chi connectivity index (χ1n) is 9.42. The van der Waals surface area contributed by atoms with Gasteiger partial charge in [0, 0.05) is 27.6 Å². The van der Waals surface area contributed by atoms with Crippen LogP contribution in [0.2, 0.25) is 0 Å². The summed E-state index contributed by atoms with van der Waals surface area (Å²) in [6.07, 6.45) is 5.56. The third-order valence-electron chi connectivity index (χ3n) is 5.44. The lowest BCUT2D eigenvalue weighted by molar-refractivity contribution is 0.448.